The minimum atomic E-state index is -0.519. The summed E-state index contributed by atoms with van der Waals surface area (Å²) in [6.45, 7) is 0. The number of benzene rings is 2. The molecule has 0 spiro atoms. The molecule has 0 unspecified atom stereocenters. The number of anilines is 2. The first-order chi connectivity index (χ1) is 17.5. The average molecular weight is 485 g/mol. The van der Waals surface area contributed by atoms with Crippen LogP contribution in [-0.2, 0) is 19.2 Å². The highest BCUT2D eigenvalue weighted by atomic mass is 16.5. The lowest BCUT2D eigenvalue weighted by atomic mass is 9.40. The Bertz CT molecular complexity index is 1330. The van der Waals surface area contributed by atoms with Gasteiger partial charge in [-0.25, -0.2) is 9.80 Å². The summed E-state index contributed by atoms with van der Waals surface area (Å²) in [5.74, 6) is -2.52. The molecular formula is C28H24N2O6. The van der Waals surface area contributed by atoms with Gasteiger partial charge in [0.25, 0.3) is 0 Å². The molecule has 8 atom stereocenters. The van der Waals surface area contributed by atoms with Gasteiger partial charge in [-0.15, -0.1) is 0 Å². The van der Waals surface area contributed by atoms with E-state index in [1.165, 1.54) is 24.0 Å². The van der Waals surface area contributed by atoms with Gasteiger partial charge >= 0.3 is 0 Å². The van der Waals surface area contributed by atoms with Crippen molar-refractivity contribution in [2.45, 2.75) is 0 Å². The van der Waals surface area contributed by atoms with Crippen molar-refractivity contribution in [1.29, 1.82) is 0 Å². The Morgan fingerprint density at radius 2 is 0.972 bits per heavy atom. The molecule has 2 heterocycles. The van der Waals surface area contributed by atoms with Crippen LogP contribution in [0.3, 0.4) is 0 Å². The molecule has 182 valence electrons. The van der Waals surface area contributed by atoms with E-state index < -0.39 is 23.7 Å². The lowest BCUT2D eigenvalue weighted by molar-refractivity contribution is -0.166. The van der Waals surface area contributed by atoms with Crippen molar-refractivity contribution in [2.24, 2.45) is 47.3 Å². The molecule has 0 aromatic heterocycles. The third-order valence-corrected chi connectivity index (χ3v) is 8.97. The van der Waals surface area contributed by atoms with Crippen LogP contribution in [0.5, 0.6) is 11.5 Å². The van der Waals surface area contributed by atoms with E-state index in [2.05, 4.69) is 0 Å². The van der Waals surface area contributed by atoms with Crippen LogP contribution in [0.2, 0.25) is 0 Å². The lowest BCUT2D eigenvalue weighted by Gasteiger charge is -2.60. The summed E-state index contributed by atoms with van der Waals surface area (Å²) >= 11 is 0. The van der Waals surface area contributed by atoms with Crippen molar-refractivity contribution in [1.82, 2.24) is 0 Å². The average Bonchev–Trinajstić information content (AvgIpc) is 3.27. The summed E-state index contributed by atoms with van der Waals surface area (Å²) < 4.78 is 10.6. The zero-order valence-electron chi connectivity index (χ0n) is 19.7. The second kappa shape index (κ2) is 7.29. The first-order valence-electron chi connectivity index (χ1n) is 12.2. The third kappa shape index (κ3) is 2.49. The summed E-state index contributed by atoms with van der Waals surface area (Å²) in [4.78, 5) is 57.0. The summed E-state index contributed by atoms with van der Waals surface area (Å²) in [7, 11) is 3.08. The SMILES string of the molecule is COc1cccc(N2C(=O)[C@@H]3[C@@H]4C=C[C@H]([C@@H]3C2=O)[C@H]2[C@H]3C(=O)N(c5cccc(OC)c5)C(=O)[C@H]3[C@H]42)c1. The van der Waals surface area contributed by atoms with E-state index in [0.29, 0.717) is 22.9 Å². The standard InChI is InChI=1S/C28H24N2O6/c1-35-15-7-3-5-13(11-15)29-25(31)21-17-9-10-18(22(21)26(29)32)20-19(17)23-24(20)28(34)30(27(23)33)14-6-4-8-16(12-14)36-2/h3-12,17-24H,1-2H3/t17-,18+,19-,20-,21-,22+,23+,24-/m1/s1. The molecule has 2 aliphatic heterocycles. The van der Waals surface area contributed by atoms with Gasteiger partial charge in [-0.05, 0) is 47.9 Å². The van der Waals surface area contributed by atoms with E-state index in [1.54, 1.807) is 48.5 Å². The lowest BCUT2D eigenvalue weighted by Crippen LogP contribution is -2.63. The van der Waals surface area contributed by atoms with Gasteiger partial charge in [-0.1, -0.05) is 24.3 Å². The van der Waals surface area contributed by atoms with Crippen molar-refractivity contribution >= 4 is 35.0 Å². The van der Waals surface area contributed by atoms with E-state index >= 15 is 0 Å². The number of rotatable bonds is 4. The van der Waals surface area contributed by atoms with Gasteiger partial charge in [0.1, 0.15) is 11.5 Å². The van der Waals surface area contributed by atoms with Crippen LogP contribution in [0.4, 0.5) is 11.4 Å². The molecule has 0 radical (unpaired) electrons. The Kier molecular flexibility index (Phi) is 4.32. The summed E-state index contributed by atoms with van der Waals surface area (Å²) in [6.07, 6.45) is 4.02. The first-order valence-corrected chi connectivity index (χ1v) is 12.2. The van der Waals surface area contributed by atoms with Crippen molar-refractivity contribution in [3.05, 3.63) is 60.7 Å². The maximum Gasteiger partial charge on any atom is 0.238 e. The molecule has 4 fully saturated rings. The molecule has 4 aliphatic carbocycles. The zero-order chi connectivity index (χ0) is 24.9. The molecule has 4 amide bonds. The minimum absolute atomic E-state index is 0.125. The van der Waals surface area contributed by atoms with Gasteiger partial charge in [0, 0.05) is 12.1 Å². The van der Waals surface area contributed by atoms with E-state index in [1.807, 2.05) is 12.2 Å². The topological polar surface area (TPSA) is 93.2 Å². The van der Waals surface area contributed by atoms with Crippen molar-refractivity contribution < 1.29 is 28.7 Å². The molecule has 2 aromatic carbocycles. The Hall–Kier alpha value is -3.94. The number of imide groups is 2. The number of hydrogen-bond donors (Lipinski definition) is 0. The maximum absolute atomic E-state index is 13.7. The Morgan fingerprint density at radius 3 is 1.36 bits per heavy atom. The van der Waals surface area contributed by atoms with Crippen molar-refractivity contribution in [3.63, 3.8) is 0 Å². The van der Waals surface area contributed by atoms with Crippen LogP contribution in [0, 0.1) is 47.3 Å². The summed E-state index contributed by atoms with van der Waals surface area (Å²) in [5.41, 5.74) is 0.981. The number of amides is 4. The van der Waals surface area contributed by atoms with Gasteiger partial charge in [0.05, 0.1) is 49.3 Å². The van der Waals surface area contributed by atoms with Gasteiger partial charge < -0.3 is 9.47 Å². The van der Waals surface area contributed by atoms with Gasteiger partial charge in [0.15, 0.2) is 0 Å². The molecule has 8 nitrogen and oxygen atoms in total. The number of hydrogen-bond acceptors (Lipinski definition) is 6. The highest BCUT2D eigenvalue weighted by Crippen LogP contribution is 2.68. The van der Waals surface area contributed by atoms with Gasteiger partial charge in [0.2, 0.25) is 23.6 Å². The smallest absolute Gasteiger partial charge is 0.238 e. The largest absolute Gasteiger partial charge is 0.497 e. The van der Waals surface area contributed by atoms with E-state index in [-0.39, 0.29) is 47.3 Å². The van der Waals surface area contributed by atoms with E-state index in [9.17, 15) is 19.2 Å². The van der Waals surface area contributed by atoms with Gasteiger partial charge in [-0.3, -0.25) is 19.2 Å². The predicted molar refractivity (Wildman–Crippen MR) is 128 cm³/mol. The van der Waals surface area contributed by atoms with Crippen molar-refractivity contribution in [2.75, 3.05) is 24.0 Å². The van der Waals surface area contributed by atoms with Crippen LogP contribution < -0.4 is 19.3 Å². The number of nitrogens with zero attached hydrogens (tertiary/aromatic N) is 2. The summed E-state index contributed by atoms with van der Waals surface area (Å²) in [5, 5.41) is 0. The molecular weight excluding hydrogens is 460 g/mol. The van der Waals surface area contributed by atoms with Crippen LogP contribution >= 0.6 is 0 Å². The van der Waals surface area contributed by atoms with E-state index in [0.717, 1.165) is 0 Å². The van der Waals surface area contributed by atoms with Crippen LogP contribution in [-0.4, -0.2) is 37.8 Å². The predicted octanol–water partition coefficient (Wildman–Crippen LogP) is 2.68. The molecule has 2 saturated heterocycles. The molecule has 2 saturated carbocycles. The van der Waals surface area contributed by atoms with Crippen LogP contribution in [0.15, 0.2) is 60.7 Å². The minimum Gasteiger partial charge on any atom is -0.497 e. The zero-order valence-corrected chi connectivity index (χ0v) is 19.7. The highest BCUT2D eigenvalue weighted by molar-refractivity contribution is 6.25. The monoisotopic (exact) mass is 484 g/mol. The second-order valence-electron chi connectivity index (χ2n) is 10.2. The highest BCUT2D eigenvalue weighted by Gasteiger charge is 2.75. The fourth-order valence-corrected chi connectivity index (χ4v) is 7.61. The second-order valence-corrected chi connectivity index (χ2v) is 10.2. The molecule has 2 bridgehead atoms. The molecule has 6 aliphatic rings. The van der Waals surface area contributed by atoms with Crippen LogP contribution in [0.25, 0.3) is 0 Å². The maximum atomic E-state index is 13.7. The first kappa shape index (κ1) is 21.4. The fraction of sp³-hybridized carbons (Fsp3) is 0.357. The normalized spacial score (nSPS) is 35.5. The summed E-state index contributed by atoms with van der Waals surface area (Å²) in [6, 6.07) is 13.9. The van der Waals surface area contributed by atoms with Crippen molar-refractivity contribution in [3.8, 4) is 11.5 Å². The van der Waals surface area contributed by atoms with Crippen LogP contribution in [0.1, 0.15) is 0 Å². The number of allylic oxidation sites excluding steroid dienone is 2. The number of ether oxygens (including phenoxy) is 2. The molecule has 8 heteroatoms. The Balaban J connectivity index is 1.24. The number of methoxy groups -OCH3 is 2. The number of carbonyl (C=O) groups is 4. The number of fused-ring (bicyclic) bond motifs is 1. The molecule has 0 N–H and O–H groups in total. The van der Waals surface area contributed by atoms with E-state index in [4.69, 9.17) is 9.47 Å². The molecule has 8 rings (SSSR count). The number of carbonyl (C=O) groups excluding carboxylic acids is 4. The third-order valence-electron chi connectivity index (χ3n) is 8.97. The molecule has 2 aromatic rings. The van der Waals surface area contributed by atoms with Gasteiger partial charge in [-0.2, -0.15) is 0 Å². The quantitative estimate of drug-likeness (QED) is 0.489. The molecule has 36 heavy (non-hydrogen) atoms. The Labute approximate surface area is 207 Å². The Morgan fingerprint density at radius 1 is 0.583 bits per heavy atom. The fourth-order valence-electron chi connectivity index (χ4n) is 7.61.